The maximum atomic E-state index is 11.8. The molecule has 98 valence electrons. The Morgan fingerprint density at radius 3 is 2.89 bits per heavy atom. The molecule has 1 amide bonds. The van der Waals surface area contributed by atoms with Gasteiger partial charge in [-0.15, -0.1) is 0 Å². The highest BCUT2D eigenvalue weighted by molar-refractivity contribution is 5.78. The molecule has 0 saturated carbocycles. The number of aliphatic hydroxyl groups excluding tert-OH is 1. The molecule has 1 saturated heterocycles. The third-order valence-corrected chi connectivity index (χ3v) is 3.48. The van der Waals surface area contributed by atoms with Crippen LogP contribution in [0, 0.1) is 12.8 Å². The van der Waals surface area contributed by atoms with Crippen LogP contribution in [-0.2, 0) is 11.2 Å². The van der Waals surface area contributed by atoms with E-state index in [9.17, 15) is 9.90 Å². The number of aryl methyl sites for hydroxylation is 1. The number of rotatable bonds is 4. The molecule has 0 bridgehead atoms. The molecule has 2 atom stereocenters. The largest absolute Gasteiger partial charge is 0.391 e. The Bertz CT molecular complexity index is 420. The van der Waals surface area contributed by atoms with Gasteiger partial charge in [0.1, 0.15) is 0 Å². The quantitative estimate of drug-likeness (QED) is 0.715. The number of hydrogen-bond donors (Lipinski definition) is 3. The predicted molar refractivity (Wildman–Crippen MR) is 70.3 cm³/mol. The lowest BCUT2D eigenvalue weighted by atomic mass is 10.0. The molecule has 0 radical (unpaired) electrons. The van der Waals surface area contributed by atoms with Crippen LogP contribution in [0.15, 0.2) is 24.3 Å². The average Bonchev–Trinajstić information content (AvgIpc) is 2.75. The monoisotopic (exact) mass is 248 g/mol. The smallest absolute Gasteiger partial charge is 0.224 e. The number of carbonyl (C=O) groups excluding carboxylic acids is 1. The number of aliphatic hydroxyl groups is 1. The molecule has 2 rings (SSSR count). The summed E-state index contributed by atoms with van der Waals surface area (Å²) >= 11 is 0. The highest BCUT2D eigenvalue weighted by atomic mass is 16.3. The van der Waals surface area contributed by atoms with Crippen LogP contribution in [0.25, 0.3) is 0 Å². The SMILES string of the molecule is Cc1ccccc1CC(=O)NCC1CNCC1O. The molecule has 1 aromatic rings. The third-order valence-electron chi connectivity index (χ3n) is 3.48. The first-order valence-electron chi connectivity index (χ1n) is 6.37. The molecular formula is C14H20N2O2. The zero-order chi connectivity index (χ0) is 13.0. The second-order valence-electron chi connectivity index (χ2n) is 4.89. The molecule has 1 heterocycles. The molecule has 0 spiro atoms. The van der Waals surface area contributed by atoms with Crippen LogP contribution in [0.2, 0.25) is 0 Å². The molecule has 4 nitrogen and oxygen atoms in total. The standard InChI is InChI=1S/C14H20N2O2/c1-10-4-2-3-5-11(10)6-14(18)16-8-12-7-15-9-13(12)17/h2-5,12-13,15,17H,6-9H2,1H3,(H,16,18). The van der Waals surface area contributed by atoms with Gasteiger partial charge in [0.05, 0.1) is 12.5 Å². The summed E-state index contributed by atoms with van der Waals surface area (Å²) in [5.74, 6) is 0.147. The Labute approximate surface area is 107 Å². The first-order valence-corrected chi connectivity index (χ1v) is 6.37. The van der Waals surface area contributed by atoms with Crippen LogP contribution in [0.4, 0.5) is 0 Å². The lowest BCUT2D eigenvalue weighted by Gasteiger charge is -2.14. The van der Waals surface area contributed by atoms with Gasteiger partial charge in [-0.3, -0.25) is 4.79 Å². The van der Waals surface area contributed by atoms with Crippen molar-refractivity contribution in [1.82, 2.24) is 10.6 Å². The second-order valence-corrected chi connectivity index (χ2v) is 4.89. The van der Waals surface area contributed by atoms with Crippen LogP contribution >= 0.6 is 0 Å². The first-order chi connectivity index (χ1) is 8.66. The number of benzene rings is 1. The highest BCUT2D eigenvalue weighted by Gasteiger charge is 2.24. The lowest BCUT2D eigenvalue weighted by Crippen LogP contribution is -2.35. The highest BCUT2D eigenvalue weighted by Crippen LogP contribution is 2.09. The second kappa shape index (κ2) is 5.98. The van der Waals surface area contributed by atoms with Crippen molar-refractivity contribution in [3.05, 3.63) is 35.4 Å². The lowest BCUT2D eigenvalue weighted by molar-refractivity contribution is -0.120. The third kappa shape index (κ3) is 3.31. The van der Waals surface area contributed by atoms with Crippen LogP contribution in [0.1, 0.15) is 11.1 Å². The van der Waals surface area contributed by atoms with Crippen molar-refractivity contribution in [2.45, 2.75) is 19.4 Å². The van der Waals surface area contributed by atoms with E-state index in [1.165, 1.54) is 0 Å². The van der Waals surface area contributed by atoms with E-state index in [0.29, 0.717) is 19.5 Å². The van der Waals surface area contributed by atoms with Crippen LogP contribution in [0.5, 0.6) is 0 Å². The van der Waals surface area contributed by atoms with Crippen molar-refractivity contribution in [3.8, 4) is 0 Å². The van der Waals surface area contributed by atoms with Crippen LogP contribution in [0.3, 0.4) is 0 Å². The Kier molecular flexibility index (Phi) is 4.33. The summed E-state index contributed by atoms with van der Waals surface area (Å²) in [4.78, 5) is 11.8. The summed E-state index contributed by atoms with van der Waals surface area (Å²) in [7, 11) is 0. The Hall–Kier alpha value is -1.39. The Morgan fingerprint density at radius 2 is 2.22 bits per heavy atom. The van der Waals surface area contributed by atoms with Gasteiger partial charge in [-0.1, -0.05) is 24.3 Å². The van der Waals surface area contributed by atoms with E-state index in [1.54, 1.807) is 0 Å². The molecule has 4 heteroatoms. The summed E-state index contributed by atoms with van der Waals surface area (Å²) in [6.45, 7) is 3.94. The summed E-state index contributed by atoms with van der Waals surface area (Å²) in [5.41, 5.74) is 2.19. The van der Waals surface area contributed by atoms with Crippen molar-refractivity contribution in [2.24, 2.45) is 5.92 Å². The normalized spacial score (nSPS) is 23.0. The van der Waals surface area contributed by atoms with E-state index in [0.717, 1.165) is 17.7 Å². The number of amides is 1. The molecule has 1 aliphatic heterocycles. The minimum absolute atomic E-state index is 0.0170. The minimum atomic E-state index is -0.344. The van der Waals surface area contributed by atoms with E-state index < -0.39 is 0 Å². The minimum Gasteiger partial charge on any atom is -0.391 e. The van der Waals surface area contributed by atoms with Gasteiger partial charge in [0.2, 0.25) is 5.91 Å². The molecule has 2 unspecified atom stereocenters. The van der Waals surface area contributed by atoms with E-state index >= 15 is 0 Å². The summed E-state index contributed by atoms with van der Waals surface area (Å²) in [5, 5.41) is 15.6. The maximum Gasteiger partial charge on any atom is 0.224 e. The van der Waals surface area contributed by atoms with Crippen molar-refractivity contribution in [3.63, 3.8) is 0 Å². The fourth-order valence-electron chi connectivity index (χ4n) is 2.22. The summed E-state index contributed by atoms with van der Waals surface area (Å²) in [6.07, 6.45) is 0.0619. The Morgan fingerprint density at radius 1 is 1.44 bits per heavy atom. The fraction of sp³-hybridized carbons (Fsp3) is 0.500. The van der Waals surface area contributed by atoms with Crippen molar-refractivity contribution >= 4 is 5.91 Å². The van der Waals surface area contributed by atoms with E-state index in [-0.39, 0.29) is 17.9 Å². The van der Waals surface area contributed by atoms with Gasteiger partial charge in [0, 0.05) is 25.6 Å². The number of β-amino-alcohol motifs (C(OH)–C–C–N with tert-alkyl or cyclic N) is 1. The zero-order valence-electron chi connectivity index (χ0n) is 10.6. The summed E-state index contributed by atoms with van der Waals surface area (Å²) < 4.78 is 0. The van der Waals surface area contributed by atoms with Gasteiger partial charge in [0.25, 0.3) is 0 Å². The average molecular weight is 248 g/mol. The molecule has 1 aromatic carbocycles. The molecular weight excluding hydrogens is 228 g/mol. The van der Waals surface area contributed by atoms with Gasteiger partial charge in [-0.2, -0.15) is 0 Å². The van der Waals surface area contributed by atoms with Crippen molar-refractivity contribution in [2.75, 3.05) is 19.6 Å². The molecule has 1 fully saturated rings. The molecule has 0 aliphatic carbocycles. The number of nitrogens with one attached hydrogen (secondary N) is 2. The molecule has 0 aromatic heterocycles. The predicted octanol–water partition coefficient (Wildman–Crippen LogP) is 0.234. The van der Waals surface area contributed by atoms with Crippen LogP contribution in [-0.4, -0.2) is 36.8 Å². The van der Waals surface area contributed by atoms with Crippen molar-refractivity contribution < 1.29 is 9.90 Å². The van der Waals surface area contributed by atoms with Gasteiger partial charge >= 0.3 is 0 Å². The van der Waals surface area contributed by atoms with E-state index in [1.807, 2.05) is 31.2 Å². The van der Waals surface area contributed by atoms with Gasteiger partial charge in [-0.25, -0.2) is 0 Å². The van der Waals surface area contributed by atoms with Crippen LogP contribution < -0.4 is 10.6 Å². The number of carbonyl (C=O) groups is 1. The molecule has 3 N–H and O–H groups in total. The molecule has 1 aliphatic rings. The Balaban J connectivity index is 1.80. The van der Waals surface area contributed by atoms with Gasteiger partial charge < -0.3 is 15.7 Å². The first kappa shape index (κ1) is 13.1. The summed E-state index contributed by atoms with van der Waals surface area (Å²) in [6, 6.07) is 7.89. The topological polar surface area (TPSA) is 61.4 Å². The van der Waals surface area contributed by atoms with Gasteiger partial charge in [-0.05, 0) is 18.1 Å². The maximum absolute atomic E-state index is 11.8. The molecule has 18 heavy (non-hydrogen) atoms. The van der Waals surface area contributed by atoms with Gasteiger partial charge in [0.15, 0.2) is 0 Å². The number of hydrogen-bond acceptors (Lipinski definition) is 3. The van der Waals surface area contributed by atoms with E-state index in [2.05, 4.69) is 10.6 Å². The zero-order valence-corrected chi connectivity index (χ0v) is 10.6. The van der Waals surface area contributed by atoms with Crippen molar-refractivity contribution in [1.29, 1.82) is 0 Å². The fourth-order valence-corrected chi connectivity index (χ4v) is 2.22. The van der Waals surface area contributed by atoms with E-state index in [4.69, 9.17) is 0 Å².